The lowest BCUT2D eigenvalue weighted by Crippen LogP contribution is -2.10. The van der Waals surface area contributed by atoms with Gasteiger partial charge in [-0.3, -0.25) is 9.78 Å². The maximum atomic E-state index is 12.8. The van der Waals surface area contributed by atoms with E-state index in [1.165, 1.54) is 13.3 Å². The monoisotopic (exact) mass is 405 g/mol. The molecule has 16 heavy (non-hydrogen) atoms. The van der Waals surface area contributed by atoms with E-state index in [0.29, 0.717) is 8.04 Å². The van der Waals surface area contributed by atoms with Crippen LogP contribution in [0, 0.1) is 3.57 Å². The number of halogens is 4. The molecule has 0 amide bonds. The van der Waals surface area contributed by atoms with Gasteiger partial charge in [-0.2, -0.15) is 0 Å². The molecule has 0 saturated heterocycles. The molecule has 0 bridgehead atoms. The fourth-order valence-corrected chi connectivity index (χ4v) is 2.09. The number of hydrogen-bond donors (Lipinski definition) is 0. The van der Waals surface area contributed by atoms with Crippen LogP contribution >= 0.6 is 38.5 Å². The largest absolute Gasteiger partial charge is 0.469 e. The number of carbonyl (C=O) groups is 1. The lowest BCUT2D eigenvalue weighted by Gasteiger charge is -2.10. The molecule has 0 aromatic carbocycles. The highest BCUT2D eigenvalue weighted by molar-refractivity contribution is 14.1. The Bertz CT molecular complexity index is 415. The first-order chi connectivity index (χ1) is 7.47. The molecule has 0 spiro atoms. The summed E-state index contributed by atoms with van der Waals surface area (Å²) >= 11 is 4.90. The van der Waals surface area contributed by atoms with Crippen LogP contribution in [-0.2, 0) is 16.0 Å². The Hall–Kier alpha value is -0.310. The third-order valence-electron chi connectivity index (χ3n) is 1.85. The average Bonchev–Trinajstić information content (AvgIpc) is 2.23. The normalized spacial score (nSPS) is 10.6. The highest BCUT2D eigenvalue weighted by Gasteiger charge is 2.21. The number of methoxy groups -OCH3 is 1. The summed E-state index contributed by atoms with van der Waals surface area (Å²) in [5.74, 6) is -0.590. The molecule has 0 unspecified atom stereocenters. The molecule has 88 valence electrons. The average molecular weight is 406 g/mol. The van der Waals surface area contributed by atoms with Crippen LogP contribution in [0.4, 0.5) is 8.78 Å². The van der Waals surface area contributed by atoms with E-state index in [2.05, 4.69) is 25.7 Å². The molecule has 0 N–H and O–H groups in total. The highest BCUT2D eigenvalue weighted by Crippen LogP contribution is 2.31. The van der Waals surface area contributed by atoms with Crippen LogP contribution in [0.5, 0.6) is 0 Å². The standard InChI is InChI=1S/C9H7BrF2INO2/c1-16-6(15)2-5-7(9(11)12)8(13)4(10)3-14-5/h3,9H,2H2,1H3. The molecule has 0 saturated carbocycles. The first-order valence-electron chi connectivity index (χ1n) is 4.15. The molecule has 0 atom stereocenters. The van der Waals surface area contributed by atoms with Gasteiger partial charge in [-0.25, -0.2) is 8.78 Å². The topological polar surface area (TPSA) is 39.2 Å². The summed E-state index contributed by atoms with van der Waals surface area (Å²) in [7, 11) is 1.20. The molecule has 0 radical (unpaired) electrons. The number of pyridine rings is 1. The Balaban J connectivity index is 3.18. The van der Waals surface area contributed by atoms with Crippen LogP contribution in [0.1, 0.15) is 17.7 Å². The number of esters is 1. The first-order valence-corrected chi connectivity index (χ1v) is 6.02. The second-order valence-corrected chi connectivity index (χ2v) is 4.77. The SMILES string of the molecule is COC(=O)Cc1ncc(Br)c(I)c1C(F)F. The van der Waals surface area contributed by atoms with Crippen LogP contribution in [0.3, 0.4) is 0 Å². The lowest BCUT2D eigenvalue weighted by atomic mass is 10.1. The van der Waals surface area contributed by atoms with Crippen molar-refractivity contribution in [3.05, 3.63) is 25.5 Å². The Morgan fingerprint density at radius 3 is 2.81 bits per heavy atom. The van der Waals surface area contributed by atoms with E-state index < -0.39 is 12.4 Å². The number of aromatic nitrogens is 1. The van der Waals surface area contributed by atoms with Gasteiger partial charge in [0.1, 0.15) is 0 Å². The minimum atomic E-state index is -2.67. The zero-order valence-electron chi connectivity index (χ0n) is 8.14. The Kier molecular flexibility index (Phi) is 5.03. The Morgan fingerprint density at radius 2 is 2.31 bits per heavy atom. The molecule has 1 aromatic heterocycles. The van der Waals surface area contributed by atoms with Crippen LogP contribution in [-0.4, -0.2) is 18.1 Å². The van der Waals surface area contributed by atoms with Gasteiger partial charge in [0.15, 0.2) is 0 Å². The van der Waals surface area contributed by atoms with Gasteiger partial charge in [0.2, 0.25) is 0 Å². The predicted molar refractivity (Wildman–Crippen MR) is 65.3 cm³/mol. The van der Waals surface area contributed by atoms with E-state index in [0.717, 1.165) is 0 Å². The van der Waals surface area contributed by atoms with Crippen LogP contribution < -0.4 is 0 Å². The van der Waals surface area contributed by atoms with Crippen molar-refractivity contribution in [3.63, 3.8) is 0 Å². The van der Waals surface area contributed by atoms with Crippen molar-refractivity contribution < 1.29 is 18.3 Å². The summed E-state index contributed by atoms with van der Waals surface area (Å²) in [6.07, 6.45) is -1.53. The summed E-state index contributed by atoms with van der Waals surface area (Å²) < 4.78 is 30.9. The molecule has 1 heterocycles. The van der Waals surface area contributed by atoms with Crippen LogP contribution in [0.15, 0.2) is 10.7 Å². The van der Waals surface area contributed by atoms with Gasteiger partial charge in [0.25, 0.3) is 6.43 Å². The second-order valence-electron chi connectivity index (χ2n) is 2.83. The Morgan fingerprint density at radius 1 is 1.69 bits per heavy atom. The summed E-state index contributed by atoms with van der Waals surface area (Å²) in [6, 6.07) is 0. The van der Waals surface area contributed by atoms with E-state index in [-0.39, 0.29) is 17.7 Å². The van der Waals surface area contributed by atoms with Gasteiger partial charge in [-0.15, -0.1) is 0 Å². The molecule has 7 heteroatoms. The fraction of sp³-hybridized carbons (Fsp3) is 0.333. The third kappa shape index (κ3) is 3.09. The quantitative estimate of drug-likeness (QED) is 0.573. The van der Waals surface area contributed by atoms with E-state index in [4.69, 9.17) is 0 Å². The summed E-state index contributed by atoms with van der Waals surface area (Å²) in [4.78, 5) is 14.8. The number of hydrogen-bond acceptors (Lipinski definition) is 3. The third-order valence-corrected chi connectivity index (χ3v) is 4.35. The smallest absolute Gasteiger partial charge is 0.311 e. The van der Waals surface area contributed by atoms with Crippen molar-refractivity contribution in [2.75, 3.05) is 7.11 Å². The lowest BCUT2D eigenvalue weighted by molar-refractivity contribution is -0.139. The van der Waals surface area contributed by atoms with E-state index in [9.17, 15) is 13.6 Å². The summed E-state index contributed by atoms with van der Waals surface area (Å²) in [5.41, 5.74) is -0.171. The fourth-order valence-electron chi connectivity index (χ4n) is 1.09. The first kappa shape index (κ1) is 13.8. The number of carbonyl (C=O) groups excluding carboxylic acids is 1. The molecular formula is C9H7BrF2INO2. The zero-order valence-corrected chi connectivity index (χ0v) is 11.9. The van der Waals surface area contributed by atoms with E-state index in [1.54, 1.807) is 22.6 Å². The van der Waals surface area contributed by atoms with Gasteiger partial charge in [0, 0.05) is 14.2 Å². The molecule has 1 rings (SSSR count). The van der Waals surface area contributed by atoms with Gasteiger partial charge in [-0.05, 0) is 38.5 Å². The predicted octanol–water partition coefficient (Wildman–Crippen LogP) is 3.10. The second kappa shape index (κ2) is 5.85. The van der Waals surface area contributed by atoms with Crippen molar-refractivity contribution in [1.82, 2.24) is 4.98 Å². The van der Waals surface area contributed by atoms with E-state index in [1.807, 2.05) is 0 Å². The minimum Gasteiger partial charge on any atom is -0.469 e. The van der Waals surface area contributed by atoms with Crippen molar-refractivity contribution in [1.29, 1.82) is 0 Å². The van der Waals surface area contributed by atoms with Crippen LogP contribution in [0.25, 0.3) is 0 Å². The number of nitrogens with zero attached hydrogens (tertiary/aromatic N) is 1. The number of alkyl halides is 2. The molecular weight excluding hydrogens is 399 g/mol. The molecule has 0 aliphatic rings. The molecule has 0 aliphatic carbocycles. The van der Waals surface area contributed by atoms with Gasteiger partial charge in [0.05, 0.1) is 24.8 Å². The number of rotatable bonds is 3. The van der Waals surface area contributed by atoms with Crippen LogP contribution in [0.2, 0.25) is 0 Å². The minimum absolute atomic E-state index is 0.0504. The van der Waals surface area contributed by atoms with Gasteiger partial charge < -0.3 is 4.74 Å². The maximum absolute atomic E-state index is 12.8. The Labute approximate surface area is 113 Å². The van der Waals surface area contributed by atoms with Gasteiger partial charge in [-0.1, -0.05) is 0 Å². The summed E-state index contributed by atoms with van der Waals surface area (Å²) in [6.45, 7) is 0. The van der Waals surface area contributed by atoms with Crippen molar-refractivity contribution >= 4 is 44.5 Å². The molecule has 0 fully saturated rings. The number of ether oxygens (including phenoxy) is 1. The molecule has 3 nitrogen and oxygen atoms in total. The molecule has 1 aromatic rings. The maximum Gasteiger partial charge on any atom is 0.311 e. The van der Waals surface area contributed by atoms with Crippen molar-refractivity contribution in [2.45, 2.75) is 12.8 Å². The highest BCUT2D eigenvalue weighted by atomic mass is 127. The summed E-state index contributed by atoms with van der Waals surface area (Å²) in [5, 5.41) is 0. The zero-order chi connectivity index (χ0) is 12.3. The van der Waals surface area contributed by atoms with Crippen molar-refractivity contribution in [2.24, 2.45) is 0 Å². The van der Waals surface area contributed by atoms with E-state index >= 15 is 0 Å². The molecule has 0 aliphatic heterocycles. The van der Waals surface area contributed by atoms with Gasteiger partial charge >= 0.3 is 5.97 Å². The van der Waals surface area contributed by atoms with Crippen molar-refractivity contribution in [3.8, 4) is 0 Å².